The highest BCUT2D eigenvalue weighted by Crippen LogP contribution is 2.16. The van der Waals surface area contributed by atoms with E-state index in [9.17, 15) is 14.7 Å². The fourth-order valence-corrected chi connectivity index (χ4v) is 1.62. The molecule has 6 heteroatoms. The number of carbonyl (C=O) groups is 2. The predicted octanol–water partition coefficient (Wildman–Crippen LogP) is 1.82. The SMILES string of the molecule is CCN(Cc1ccncc1)C(=O)N(C)C(C)(C)C(=O)O. The van der Waals surface area contributed by atoms with E-state index in [1.54, 1.807) is 17.3 Å². The van der Waals surface area contributed by atoms with Gasteiger partial charge in [-0.15, -0.1) is 0 Å². The van der Waals surface area contributed by atoms with Gasteiger partial charge in [0.1, 0.15) is 5.54 Å². The molecule has 1 heterocycles. The molecule has 110 valence electrons. The summed E-state index contributed by atoms with van der Waals surface area (Å²) in [5.74, 6) is -1.03. The van der Waals surface area contributed by atoms with Gasteiger partial charge in [-0.2, -0.15) is 0 Å². The molecule has 2 amide bonds. The van der Waals surface area contributed by atoms with Gasteiger partial charge in [-0.1, -0.05) is 0 Å². The second-order valence-corrected chi connectivity index (χ2v) is 5.08. The molecule has 1 N–H and O–H groups in total. The van der Waals surface area contributed by atoms with Gasteiger partial charge in [-0.25, -0.2) is 9.59 Å². The summed E-state index contributed by atoms with van der Waals surface area (Å²) in [5, 5.41) is 9.18. The van der Waals surface area contributed by atoms with Gasteiger partial charge >= 0.3 is 12.0 Å². The molecule has 0 unspecified atom stereocenters. The van der Waals surface area contributed by atoms with Crippen LogP contribution in [0.1, 0.15) is 26.3 Å². The molecule has 20 heavy (non-hydrogen) atoms. The smallest absolute Gasteiger partial charge is 0.329 e. The van der Waals surface area contributed by atoms with Gasteiger partial charge in [0.25, 0.3) is 0 Å². The van der Waals surface area contributed by atoms with Crippen LogP contribution in [0.4, 0.5) is 4.79 Å². The van der Waals surface area contributed by atoms with Crippen LogP contribution in [-0.2, 0) is 11.3 Å². The van der Waals surface area contributed by atoms with E-state index in [2.05, 4.69) is 4.98 Å². The molecule has 0 radical (unpaired) electrons. The standard InChI is InChI=1S/C14H21N3O3/c1-5-17(10-11-6-8-15-9-7-11)13(20)16(4)14(2,3)12(18)19/h6-9H,5,10H2,1-4H3,(H,18,19). The van der Waals surface area contributed by atoms with Crippen LogP contribution in [0.15, 0.2) is 24.5 Å². The van der Waals surface area contributed by atoms with Crippen LogP contribution in [0.25, 0.3) is 0 Å². The topological polar surface area (TPSA) is 73.7 Å². The number of carbonyl (C=O) groups excluding carboxylic acids is 1. The first-order valence-corrected chi connectivity index (χ1v) is 6.45. The normalized spacial score (nSPS) is 11.0. The van der Waals surface area contributed by atoms with Crippen LogP contribution in [0.5, 0.6) is 0 Å². The van der Waals surface area contributed by atoms with Crippen LogP contribution >= 0.6 is 0 Å². The summed E-state index contributed by atoms with van der Waals surface area (Å²) in [4.78, 5) is 30.4. The molecule has 1 aromatic rings. The number of likely N-dealkylation sites (N-methyl/N-ethyl adjacent to an activating group) is 1. The summed E-state index contributed by atoms with van der Waals surface area (Å²) in [7, 11) is 1.51. The number of carboxylic acid groups (broad SMARTS) is 1. The zero-order chi connectivity index (χ0) is 15.3. The average molecular weight is 279 g/mol. The number of pyridine rings is 1. The summed E-state index contributed by atoms with van der Waals surface area (Å²) < 4.78 is 0. The highest BCUT2D eigenvalue weighted by atomic mass is 16.4. The molecular weight excluding hydrogens is 258 g/mol. The van der Waals surface area contributed by atoms with E-state index in [-0.39, 0.29) is 6.03 Å². The molecule has 0 saturated heterocycles. The molecule has 0 aromatic carbocycles. The Morgan fingerprint density at radius 3 is 2.30 bits per heavy atom. The molecule has 0 aliphatic carbocycles. The highest BCUT2D eigenvalue weighted by molar-refractivity contribution is 5.85. The predicted molar refractivity (Wildman–Crippen MR) is 75.2 cm³/mol. The van der Waals surface area contributed by atoms with Crippen molar-refractivity contribution in [3.05, 3.63) is 30.1 Å². The lowest BCUT2D eigenvalue weighted by atomic mass is 10.0. The zero-order valence-corrected chi connectivity index (χ0v) is 12.3. The zero-order valence-electron chi connectivity index (χ0n) is 12.3. The first kappa shape index (κ1) is 15.9. The van der Waals surface area contributed by atoms with Crippen LogP contribution < -0.4 is 0 Å². The summed E-state index contributed by atoms with van der Waals surface area (Å²) in [5.41, 5.74) is -0.292. The Morgan fingerprint density at radius 1 is 1.30 bits per heavy atom. The molecular formula is C14H21N3O3. The quantitative estimate of drug-likeness (QED) is 0.892. The molecule has 0 bridgehead atoms. The summed E-state index contributed by atoms with van der Waals surface area (Å²) in [6, 6.07) is 3.35. The number of amides is 2. The Morgan fingerprint density at radius 2 is 1.85 bits per heavy atom. The number of carboxylic acids is 1. The van der Waals surface area contributed by atoms with Crippen LogP contribution in [0.3, 0.4) is 0 Å². The van der Waals surface area contributed by atoms with Gasteiger partial charge in [0.2, 0.25) is 0 Å². The van der Waals surface area contributed by atoms with Crippen molar-refractivity contribution >= 4 is 12.0 Å². The van der Waals surface area contributed by atoms with Crippen molar-refractivity contribution in [3.8, 4) is 0 Å². The Balaban J connectivity index is 2.85. The molecule has 0 spiro atoms. The Hall–Kier alpha value is -2.11. The number of hydrogen-bond donors (Lipinski definition) is 1. The van der Waals surface area contributed by atoms with Gasteiger partial charge in [0.15, 0.2) is 0 Å². The molecule has 0 aliphatic rings. The molecule has 0 saturated carbocycles. The molecule has 0 aliphatic heterocycles. The van der Waals surface area contributed by atoms with E-state index in [0.29, 0.717) is 13.1 Å². The molecule has 6 nitrogen and oxygen atoms in total. The fourth-order valence-electron chi connectivity index (χ4n) is 1.62. The van der Waals surface area contributed by atoms with Gasteiger partial charge in [0, 0.05) is 32.5 Å². The van der Waals surface area contributed by atoms with Crippen LogP contribution in [-0.4, -0.2) is 51.0 Å². The number of urea groups is 1. The summed E-state index contributed by atoms with van der Waals surface area (Å²) in [6.07, 6.45) is 3.33. The minimum absolute atomic E-state index is 0.309. The molecule has 0 atom stereocenters. The lowest BCUT2D eigenvalue weighted by molar-refractivity contribution is -0.147. The van der Waals surface area contributed by atoms with Gasteiger partial charge < -0.3 is 14.9 Å². The van der Waals surface area contributed by atoms with Crippen molar-refractivity contribution in [2.24, 2.45) is 0 Å². The lowest BCUT2D eigenvalue weighted by Gasteiger charge is -2.35. The third-order valence-electron chi connectivity index (χ3n) is 3.42. The van der Waals surface area contributed by atoms with E-state index in [0.717, 1.165) is 5.56 Å². The average Bonchev–Trinajstić information content (AvgIpc) is 2.44. The van der Waals surface area contributed by atoms with E-state index in [1.807, 2.05) is 19.1 Å². The van der Waals surface area contributed by atoms with Crippen molar-refractivity contribution in [2.75, 3.05) is 13.6 Å². The van der Waals surface area contributed by atoms with Crippen LogP contribution in [0.2, 0.25) is 0 Å². The first-order chi connectivity index (χ1) is 9.30. The van der Waals surface area contributed by atoms with Crippen molar-refractivity contribution in [3.63, 3.8) is 0 Å². The summed E-state index contributed by atoms with van der Waals surface area (Å²) >= 11 is 0. The van der Waals surface area contributed by atoms with Crippen LogP contribution in [0, 0.1) is 0 Å². The third-order valence-corrected chi connectivity index (χ3v) is 3.42. The van der Waals surface area contributed by atoms with E-state index in [1.165, 1.54) is 25.8 Å². The number of aliphatic carboxylic acids is 1. The maximum Gasteiger partial charge on any atom is 0.329 e. The van der Waals surface area contributed by atoms with E-state index < -0.39 is 11.5 Å². The van der Waals surface area contributed by atoms with E-state index >= 15 is 0 Å². The van der Waals surface area contributed by atoms with Crippen molar-refractivity contribution in [2.45, 2.75) is 32.9 Å². The van der Waals surface area contributed by atoms with Crippen molar-refractivity contribution in [1.29, 1.82) is 0 Å². The second-order valence-electron chi connectivity index (χ2n) is 5.08. The molecule has 0 fully saturated rings. The maximum atomic E-state index is 12.4. The van der Waals surface area contributed by atoms with E-state index in [4.69, 9.17) is 0 Å². The maximum absolute atomic E-state index is 12.4. The Bertz CT molecular complexity index is 474. The van der Waals surface area contributed by atoms with Gasteiger partial charge in [-0.05, 0) is 38.5 Å². The minimum Gasteiger partial charge on any atom is -0.480 e. The lowest BCUT2D eigenvalue weighted by Crippen LogP contribution is -2.54. The Labute approximate surface area is 119 Å². The first-order valence-electron chi connectivity index (χ1n) is 6.45. The largest absolute Gasteiger partial charge is 0.480 e. The fraction of sp³-hybridized carbons (Fsp3) is 0.500. The van der Waals surface area contributed by atoms with Gasteiger partial charge in [0.05, 0.1) is 0 Å². The van der Waals surface area contributed by atoms with Gasteiger partial charge in [-0.3, -0.25) is 4.98 Å². The number of nitrogens with zero attached hydrogens (tertiary/aromatic N) is 3. The minimum atomic E-state index is -1.25. The molecule has 1 aromatic heterocycles. The molecule has 1 rings (SSSR count). The van der Waals surface area contributed by atoms with Crippen molar-refractivity contribution in [1.82, 2.24) is 14.8 Å². The highest BCUT2D eigenvalue weighted by Gasteiger charge is 2.36. The second kappa shape index (κ2) is 6.36. The third kappa shape index (κ3) is 3.46. The number of aromatic nitrogens is 1. The Kier molecular flexibility index (Phi) is 5.07. The number of hydrogen-bond acceptors (Lipinski definition) is 3. The number of rotatable bonds is 5. The monoisotopic (exact) mass is 279 g/mol. The van der Waals surface area contributed by atoms with Crippen molar-refractivity contribution < 1.29 is 14.7 Å². The summed E-state index contributed by atoms with van der Waals surface area (Å²) in [6.45, 7) is 5.81.